The average Bonchev–Trinajstić information content (AvgIpc) is 3.22. The summed E-state index contributed by atoms with van der Waals surface area (Å²) in [5, 5.41) is 5.99. The molecule has 0 atom stereocenters. The Bertz CT molecular complexity index is 908. The summed E-state index contributed by atoms with van der Waals surface area (Å²) < 4.78 is 51.7. The number of ether oxygens (including phenoxy) is 2. The summed E-state index contributed by atoms with van der Waals surface area (Å²) in [7, 11) is 0. The van der Waals surface area contributed by atoms with Crippen molar-refractivity contribution in [3.63, 3.8) is 0 Å². The highest BCUT2D eigenvalue weighted by atomic mass is 19.4. The summed E-state index contributed by atoms with van der Waals surface area (Å²) in [6.07, 6.45) is 0.617. The molecule has 4 rings (SSSR count). The van der Waals surface area contributed by atoms with Crippen LogP contribution in [0, 0.1) is 5.92 Å². The van der Waals surface area contributed by atoms with Crippen molar-refractivity contribution in [2.24, 2.45) is 5.92 Å². The number of anilines is 1. The fraction of sp³-hybridized carbons (Fsp3) is 0.389. The largest absolute Gasteiger partial charge is 0.459 e. The van der Waals surface area contributed by atoms with Crippen LogP contribution in [-0.2, 0) is 15.7 Å². The number of nitrogens with one attached hydrogen (secondary N) is 1. The molecule has 1 saturated heterocycles. The molecule has 0 unspecified atom stereocenters. The van der Waals surface area contributed by atoms with E-state index in [-0.39, 0.29) is 29.3 Å². The number of nitrogens with zero attached hydrogens (tertiary/aromatic N) is 3. The lowest BCUT2D eigenvalue weighted by Crippen LogP contribution is -2.39. The molecule has 28 heavy (non-hydrogen) atoms. The van der Waals surface area contributed by atoms with Crippen LogP contribution in [0.15, 0.2) is 41.7 Å². The minimum absolute atomic E-state index is 0.106. The van der Waals surface area contributed by atoms with Crippen molar-refractivity contribution in [1.82, 2.24) is 15.2 Å². The summed E-state index contributed by atoms with van der Waals surface area (Å²) >= 11 is 0. The Hall–Kier alpha value is -3.04. The molecule has 1 N–H and O–H groups in total. The smallest absolute Gasteiger partial charge is 0.419 e. The molecule has 2 aliphatic heterocycles. The van der Waals surface area contributed by atoms with E-state index in [9.17, 15) is 18.0 Å². The number of rotatable bonds is 3. The summed E-state index contributed by atoms with van der Waals surface area (Å²) in [6, 6.07) is 3.58. The van der Waals surface area contributed by atoms with Crippen LogP contribution in [0.4, 0.5) is 19.0 Å². The van der Waals surface area contributed by atoms with Gasteiger partial charge >= 0.3 is 6.18 Å². The first-order valence-corrected chi connectivity index (χ1v) is 8.76. The minimum Gasteiger partial charge on any atom is -0.459 e. The lowest BCUT2D eigenvalue weighted by Gasteiger charge is -2.35. The highest BCUT2D eigenvalue weighted by molar-refractivity contribution is 5.63. The van der Waals surface area contributed by atoms with Crippen molar-refractivity contribution in [2.45, 2.75) is 25.3 Å². The Balaban J connectivity index is 1.58. The van der Waals surface area contributed by atoms with Gasteiger partial charge in [0.2, 0.25) is 6.29 Å². The molecule has 0 bridgehead atoms. The predicted octanol–water partition coefficient (Wildman–Crippen LogP) is 2.91. The van der Waals surface area contributed by atoms with Gasteiger partial charge in [-0.2, -0.15) is 18.3 Å². The Morgan fingerprint density at radius 2 is 1.86 bits per heavy atom. The van der Waals surface area contributed by atoms with Gasteiger partial charge in [0.25, 0.3) is 5.56 Å². The van der Waals surface area contributed by atoms with Crippen molar-refractivity contribution in [2.75, 3.05) is 18.0 Å². The maximum Gasteiger partial charge on any atom is 0.419 e. The molecular formula is C18H17F3N4O3. The maximum atomic E-state index is 13.7. The van der Waals surface area contributed by atoms with E-state index >= 15 is 0 Å². The van der Waals surface area contributed by atoms with Crippen molar-refractivity contribution in [3.8, 4) is 11.3 Å². The van der Waals surface area contributed by atoms with E-state index in [1.165, 1.54) is 30.9 Å². The molecular weight excluding hydrogens is 377 g/mol. The molecule has 0 amide bonds. The van der Waals surface area contributed by atoms with Gasteiger partial charge in [0, 0.05) is 36.8 Å². The van der Waals surface area contributed by atoms with Crippen LogP contribution in [0.1, 0.15) is 18.4 Å². The van der Waals surface area contributed by atoms with Crippen LogP contribution in [0.2, 0.25) is 0 Å². The van der Waals surface area contributed by atoms with Crippen LogP contribution in [0.5, 0.6) is 0 Å². The van der Waals surface area contributed by atoms with E-state index < -0.39 is 17.3 Å². The number of hydrogen-bond acceptors (Lipinski definition) is 6. The van der Waals surface area contributed by atoms with E-state index in [1.807, 2.05) is 0 Å². The second-order valence-corrected chi connectivity index (χ2v) is 6.64. The van der Waals surface area contributed by atoms with Crippen LogP contribution in [0.25, 0.3) is 11.3 Å². The lowest BCUT2D eigenvalue weighted by molar-refractivity contribution is -0.137. The van der Waals surface area contributed by atoms with E-state index in [4.69, 9.17) is 9.47 Å². The summed E-state index contributed by atoms with van der Waals surface area (Å²) in [5.74, 6) is 0.00992. The number of alkyl halides is 3. The molecule has 2 aromatic rings. The zero-order chi connectivity index (χ0) is 19.7. The van der Waals surface area contributed by atoms with E-state index in [2.05, 4.69) is 15.2 Å². The minimum atomic E-state index is -4.57. The second-order valence-electron chi connectivity index (χ2n) is 6.64. The summed E-state index contributed by atoms with van der Waals surface area (Å²) in [4.78, 5) is 16.8. The Morgan fingerprint density at radius 1 is 1.14 bits per heavy atom. The molecule has 0 radical (unpaired) electrons. The quantitative estimate of drug-likeness (QED) is 0.862. The van der Waals surface area contributed by atoms with Crippen molar-refractivity contribution >= 4 is 5.82 Å². The van der Waals surface area contributed by atoms with Crippen molar-refractivity contribution < 1.29 is 22.6 Å². The monoisotopic (exact) mass is 394 g/mol. The van der Waals surface area contributed by atoms with Gasteiger partial charge in [-0.1, -0.05) is 0 Å². The highest BCUT2D eigenvalue weighted by Crippen LogP contribution is 2.39. The van der Waals surface area contributed by atoms with Gasteiger partial charge in [0.1, 0.15) is 18.3 Å². The second kappa shape index (κ2) is 7.17. The lowest BCUT2D eigenvalue weighted by atomic mass is 9.95. The van der Waals surface area contributed by atoms with E-state index in [1.54, 1.807) is 4.90 Å². The topological polar surface area (TPSA) is 80.3 Å². The molecule has 0 saturated carbocycles. The van der Waals surface area contributed by atoms with Gasteiger partial charge in [0.05, 0.1) is 11.3 Å². The molecule has 2 aromatic heterocycles. The number of pyridine rings is 1. The molecule has 148 valence electrons. The summed E-state index contributed by atoms with van der Waals surface area (Å²) in [6.45, 7) is 0.834. The third-order valence-corrected chi connectivity index (χ3v) is 4.85. The zero-order valence-electron chi connectivity index (χ0n) is 14.6. The van der Waals surface area contributed by atoms with E-state index in [0.717, 1.165) is 6.07 Å². The van der Waals surface area contributed by atoms with Gasteiger partial charge < -0.3 is 14.4 Å². The molecule has 2 aliphatic rings. The molecule has 7 nitrogen and oxygen atoms in total. The molecule has 0 aliphatic carbocycles. The molecule has 10 heteroatoms. The standard InChI is InChI=1S/C18H17F3N4O3/c19-18(20,21)13-9-12(14-1-2-15(26)24-23-14)10-22-16(13)25-5-3-11(4-6-25)17-27-7-8-28-17/h1-2,7-11,17H,3-6H2,(H,24,26). The number of hydrogen-bond donors (Lipinski definition) is 1. The molecule has 0 aromatic carbocycles. The third-order valence-electron chi connectivity index (χ3n) is 4.85. The Labute approximate surface area is 157 Å². The van der Waals surface area contributed by atoms with Crippen LogP contribution in [0.3, 0.4) is 0 Å². The Morgan fingerprint density at radius 3 is 2.46 bits per heavy atom. The first-order chi connectivity index (χ1) is 13.4. The van der Waals surface area contributed by atoms with E-state index in [0.29, 0.717) is 25.9 Å². The SMILES string of the molecule is O=c1ccc(-c2cnc(N3CCC(C4OC=CO4)CC3)c(C(F)(F)F)c2)n[nH]1. The number of halogens is 3. The number of H-pyrrole nitrogens is 1. The highest BCUT2D eigenvalue weighted by Gasteiger charge is 2.38. The summed E-state index contributed by atoms with van der Waals surface area (Å²) in [5.41, 5.74) is -0.865. The molecule has 0 spiro atoms. The third kappa shape index (κ3) is 3.67. The first-order valence-electron chi connectivity index (χ1n) is 8.76. The Kier molecular flexibility index (Phi) is 4.70. The van der Waals surface area contributed by atoms with Gasteiger partial charge in [-0.25, -0.2) is 10.1 Å². The van der Waals surface area contributed by atoms with Crippen LogP contribution >= 0.6 is 0 Å². The van der Waals surface area contributed by atoms with Crippen LogP contribution < -0.4 is 10.5 Å². The number of aromatic amines is 1. The average molecular weight is 394 g/mol. The van der Waals surface area contributed by atoms with Crippen LogP contribution in [-0.4, -0.2) is 34.6 Å². The van der Waals surface area contributed by atoms with Gasteiger partial charge in [-0.3, -0.25) is 4.79 Å². The zero-order valence-corrected chi connectivity index (χ0v) is 14.6. The number of aromatic nitrogens is 3. The predicted molar refractivity (Wildman–Crippen MR) is 93.1 cm³/mol. The fourth-order valence-corrected chi connectivity index (χ4v) is 3.42. The van der Waals surface area contributed by atoms with Gasteiger partial charge in [0.15, 0.2) is 0 Å². The van der Waals surface area contributed by atoms with Crippen molar-refractivity contribution in [3.05, 3.63) is 52.8 Å². The van der Waals surface area contributed by atoms with Crippen molar-refractivity contribution in [1.29, 1.82) is 0 Å². The number of piperidine rings is 1. The van der Waals surface area contributed by atoms with Gasteiger partial charge in [-0.15, -0.1) is 0 Å². The maximum absolute atomic E-state index is 13.7. The first kappa shape index (κ1) is 18.3. The molecule has 4 heterocycles. The fourth-order valence-electron chi connectivity index (χ4n) is 3.42. The van der Waals surface area contributed by atoms with Gasteiger partial charge in [-0.05, 0) is 25.0 Å². The normalized spacial score (nSPS) is 18.2. The molecule has 1 fully saturated rings.